The third kappa shape index (κ3) is 5.19. The lowest BCUT2D eigenvalue weighted by molar-refractivity contribution is -0.174. The van der Waals surface area contributed by atoms with Crippen LogP contribution >= 0.6 is 23.2 Å². The van der Waals surface area contributed by atoms with Gasteiger partial charge in [-0.15, -0.1) is 0 Å². The van der Waals surface area contributed by atoms with E-state index < -0.39 is 5.79 Å². The van der Waals surface area contributed by atoms with E-state index in [1.165, 1.54) is 17.5 Å². The molecule has 2 unspecified atom stereocenters. The molecule has 1 fully saturated rings. The first-order valence-corrected chi connectivity index (χ1v) is 8.65. The summed E-state index contributed by atoms with van der Waals surface area (Å²) in [7, 11) is 0. The molecule has 0 spiro atoms. The largest absolute Gasteiger partial charge is 0.345 e. The summed E-state index contributed by atoms with van der Waals surface area (Å²) in [4.78, 5) is 3.92. The fourth-order valence-corrected chi connectivity index (χ4v) is 3.19. The Morgan fingerprint density at radius 1 is 1.50 bits per heavy atom. The molecule has 1 heterocycles. The molecule has 1 aromatic carbocycles. The van der Waals surface area contributed by atoms with E-state index in [1.54, 1.807) is 12.1 Å². The Kier molecular flexibility index (Phi) is 7.07. The van der Waals surface area contributed by atoms with Crippen LogP contribution in [0.25, 0.3) is 0 Å². The SMILES string of the molecule is C=C/N=C\N(N)CC1(Cc2ccc(Cl)cc2Cl)OCC(CCC)O1. The van der Waals surface area contributed by atoms with Crippen LogP contribution in [0.5, 0.6) is 0 Å². The van der Waals surface area contributed by atoms with E-state index in [9.17, 15) is 0 Å². The monoisotopic (exact) mass is 371 g/mol. The summed E-state index contributed by atoms with van der Waals surface area (Å²) < 4.78 is 12.2. The topological polar surface area (TPSA) is 60.1 Å². The van der Waals surface area contributed by atoms with E-state index in [2.05, 4.69) is 18.5 Å². The van der Waals surface area contributed by atoms with Crippen molar-refractivity contribution in [3.05, 3.63) is 46.6 Å². The van der Waals surface area contributed by atoms with E-state index in [-0.39, 0.29) is 6.10 Å². The molecule has 2 rings (SSSR count). The van der Waals surface area contributed by atoms with Crippen LogP contribution in [0.15, 0.2) is 36.0 Å². The molecule has 132 valence electrons. The predicted octanol–water partition coefficient (Wildman–Crippen LogP) is 3.80. The minimum absolute atomic E-state index is 0.0471. The van der Waals surface area contributed by atoms with Gasteiger partial charge in [0.05, 0.1) is 19.3 Å². The molecule has 2 N–H and O–H groups in total. The maximum atomic E-state index is 6.31. The molecule has 0 bridgehead atoms. The van der Waals surface area contributed by atoms with Gasteiger partial charge in [0, 0.05) is 22.7 Å². The fourth-order valence-electron chi connectivity index (χ4n) is 2.72. The molecule has 0 aromatic heterocycles. The molecule has 7 heteroatoms. The van der Waals surface area contributed by atoms with Gasteiger partial charge in [0.15, 0.2) is 5.79 Å². The molecular formula is C17H23Cl2N3O2. The van der Waals surface area contributed by atoms with Gasteiger partial charge >= 0.3 is 0 Å². The van der Waals surface area contributed by atoms with Crippen LogP contribution in [0.1, 0.15) is 25.3 Å². The zero-order valence-electron chi connectivity index (χ0n) is 13.8. The molecule has 0 saturated carbocycles. The Morgan fingerprint density at radius 2 is 2.29 bits per heavy atom. The van der Waals surface area contributed by atoms with Crippen molar-refractivity contribution in [1.82, 2.24) is 5.01 Å². The van der Waals surface area contributed by atoms with Crippen molar-refractivity contribution in [3.8, 4) is 0 Å². The van der Waals surface area contributed by atoms with Crippen molar-refractivity contribution >= 4 is 29.5 Å². The summed E-state index contributed by atoms with van der Waals surface area (Å²) in [5.41, 5.74) is 0.896. The Bertz CT molecular complexity index is 597. The van der Waals surface area contributed by atoms with Crippen molar-refractivity contribution < 1.29 is 9.47 Å². The minimum atomic E-state index is -0.876. The van der Waals surface area contributed by atoms with E-state index in [4.69, 9.17) is 38.5 Å². The van der Waals surface area contributed by atoms with Crippen molar-refractivity contribution in [2.45, 2.75) is 38.1 Å². The highest BCUT2D eigenvalue weighted by Gasteiger charge is 2.42. The first-order chi connectivity index (χ1) is 11.5. The number of hydrazine groups is 1. The lowest BCUT2D eigenvalue weighted by atomic mass is 10.0. The molecule has 1 aliphatic rings. The molecule has 5 nitrogen and oxygen atoms in total. The molecule has 0 amide bonds. The van der Waals surface area contributed by atoms with Crippen molar-refractivity contribution in [2.24, 2.45) is 10.8 Å². The van der Waals surface area contributed by atoms with Crippen LogP contribution < -0.4 is 5.84 Å². The molecule has 2 atom stereocenters. The number of benzene rings is 1. The zero-order chi connectivity index (χ0) is 17.6. The maximum Gasteiger partial charge on any atom is 0.192 e. The molecule has 0 radical (unpaired) electrons. The number of ether oxygens (including phenoxy) is 2. The first-order valence-electron chi connectivity index (χ1n) is 7.89. The number of halogens is 2. The van der Waals surface area contributed by atoms with Gasteiger partial charge in [0.1, 0.15) is 6.34 Å². The zero-order valence-corrected chi connectivity index (χ0v) is 15.3. The van der Waals surface area contributed by atoms with Crippen LogP contribution in [0, 0.1) is 0 Å². The summed E-state index contributed by atoms with van der Waals surface area (Å²) in [6.45, 7) is 6.51. The Balaban J connectivity index is 2.19. The normalized spacial score (nSPS) is 23.8. The van der Waals surface area contributed by atoms with Gasteiger partial charge in [-0.1, -0.05) is 49.2 Å². The summed E-state index contributed by atoms with van der Waals surface area (Å²) >= 11 is 12.3. The first kappa shape index (κ1) is 19.2. The van der Waals surface area contributed by atoms with Gasteiger partial charge in [-0.2, -0.15) is 0 Å². The van der Waals surface area contributed by atoms with Gasteiger partial charge in [-0.25, -0.2) is 10.8 Å². The number of aliphatic imine (C=N–C) groups is 1. The quantitative estimate of drug-likeness (QED) is 0.326. The van der Waals surface area contributed by atoms with Crippen LogP contribution in [-0.2, 0) is 15.9 Å². The molecule has 1 saturated heterocycles. The van der Waals surface area contributed by atoms with E-state index in [0.717, 1.165) is 18.4 Å². The third-order valence-corrected chi connectivity index (χ3v) is 4.33. The van der Waals surface area contributed by atoms with Crippen LogP contribution in [0.2, 0.25) is 10.0 Å². The molecule has 24 heavy (non-hydrogen) atoms. The second kappa shape index (κ2) is 8.83. The Hall–Kier alpha value is -1.11. The maximum absolute atomic E-state index is 6.31. The molecule has 0 aliphatic carbocycles. The van der Waals surface area contributed by atoms with Crippen LogP contribution in [0.3, 0.4) is 0 Å². The lowest BCUT2D eigenvalue weighted by Gasteiger charge is -2.31. The summed E-state index contributed by atoms with van der Waals surface area (Å²) in [5.74, 6) is 5.11. The van der Waals surface area contributed by atoms with Crippen molar-refractivity contribution in [2.75, 3.05) is 13.2 Å². The highest BCUT2D eigenvalue weighted by Crippen LogP contribution is 2.33. The Labute approximate surface area is 153 Å². The molecule has 1 aliphatic heterocycles. The predicted molar refractivity (Wildman–Crippen MR) is 98.2 cm³/mol. The smallest absolute Gasteiger partial charge is 0.192 e. The number of nitrogens with two attached hydrogens (primary N) is 1. The lowest BCUT2D eigenvalue weighted by Crippen LogP contribution is -2.48. The van der Waals surface area contributed by atoms with Crippen LogP contribution in [0.4, 0.5) is 0 Å². The summed E-state index contributed by atoms with van der Waals surface area (Å²) in [5, 5.41) is 2.60. The fraction of sp³-hybridized carbons (Fsp3) is 0.471. The number of rotatable bonds is 8. The average Bonchev–Trinajstić information content (AvgIpc) is 2.91. The molecule has 1 aromatic rings. The van der Waals surface area contributed by atoms with Gasteiger partial charge in [0.25, 0.3) is 0 Å². The second-order valence-electron chi connectivity index (χ2n) is 5.78. The van der Waals surface area contributed by atoms with Gasteiger partial charge in [-0.3, -0.25) is 5.01 Å². The summed E-state index contributed by atoms with van der Waals surface area (Å²) in [6.07, 6.45) is 5.37. The summed E-state index contributed by atoms with van der Waals surface area (Å²) in [6, 6.07) is 5.39. The average molecular weight is 372 g/mol. The van der Waals surface area contributed by atoms with Gasteiger partial charge < -0.3 is 9.47 Å². The molecular weight excluding hydrogens is 349 g/mol. The van der Waals surface area contributed by atoms with E-state index in [1.807, 2.05) is 6.07 Å². The standard InChI is InChI=1S/C17H23Cl2N3O2/c1-3-5-15-10-23-17(24-15,11-22(20)12-21-4-2)9-13-6-7-14(18)8-16(13)19/h4,6-8,12,15H,2-3,5,9-11,20H2,1H3/b21-12-. The van der Waals surface area contributed by atoms with Crippen molar-refractivity contribution in [1.29, 1.82) is 0 Å². The highest BCUT2D eigenvalue weighted by atomic mass is 35.5. The number of hydrogen-bond acceptors (Lipinski definition) is 4. The second-order valence-corrected chi connectivity index (χ2v) is 6.63. The van der Waals surface area contributed by atoms with E-state index >= 15 is 0 Å². The van der Waals surface area contributed by atoms with Crippen LogP contribution in [-0.4, -0.2) is 36.4 Å². The van der Waals surface area contributed by atoms with Gasteiger partial charge in [-0.05, 0) is 24.1 Å². The van der Waals surface area contributed by atoms with Crippen molar-refractivity contribution in [3.63, 3.8) is 0 Å². The van der Waals surface area contributed by atoms with Gasteiger partial charge in [0.2, 0.25) is 0 Å². The highest BCUT2D eigenvalue weighted by molar-refractivity contribution is 6.35. The minimum Gasteiger partial charge on any atom is -0.345 e. The number of nitrogens with zero attached hydrogens (tertiary/aromatic N) is 2. The number of hydrogen-bond donors (Lipinski definition) is 1. The Morgan fingerprint density at radius 3 is 2.96 bits per heavy atom. The third-order valence-electron chi connectivity index (χ3n) is 3.74. The van der Waals surface area contributed by atoms with E-state index in [0.29, 0.717) is 29.6 Å².